The lowest BCUT2D eigenvalue weighted by Crippen LogP contribution is -2.01. The van der Waals surface area contributed by atoms with E-state index in [2.05, 4.69) is 95.6 Å². The van der Waals surface area contributed by atoms with Gasteiger partial charge in [-0.1, -0.05) is 133 Å². The molecule has 0 amide bonds. The average molecular weight is 575 g/mol. The molecule has 0 aliphatic heterocycles. The number of para-hydroxylation sites is 2. The second kappa shape index (κ2) is 11.1. The van der Waals surface area contributed by atoms with Crippen molar-refractivity contribution in [2.24, 2.45) is 0 Å². The molecule has 0 aliphatic rings. The van der Waals surface area contributed by atoms with Crippen LogP contribution in [0.3, 0.4) is 0 Å². The highest BCUT2D eigenvalue weighted by Gasteiger charge is 2.18. The first kappa shape index (κ1) is 26.3. The Morgan fingerprint density at radius 1 is 0.422 bits per heavy atom. The van der Waals surface area contributed by atoms with Gasteiger partial charge in [0.2, 0.25) is 0 Å². The van der Waals surface area contributed by atoms with Gasteiger partial charge in [0.1, 0.15) is 11.6 Å². The van der Waals surface area contributed by atoms with Gasteiger partial charge in [0.25, 0.3) is 0 Å². The van der Waals surface area contributed by atoms with Crippen LogP contribution in [0.2, 0.25) is 0 Å². The van der Waals surface area contributed by atoms with E-state index in [-0.39, 0.29) is 0 Å². The monoisotopic (exact) mass is 574 g/mol. The first-order valence-corrected chi connectivity index (χ1v) is 14.9. The number of rotatable bonds is 5. The molecule has 210 valence electrons. The second-order valence-electron chi connectivity index (χ2n) is 11.0. The standard InChI is InChI=1S/C41H26N4/c42-27-36-39(30-11-3-1-4-12-30)43-41(32-13-5-2-6-14-32)44-40(36)31-21-19-28(20-22-31)29-23-25-33(26-24-29)45-37-17-9-7-15-34(37)35-16-8-10-18-38(35)45/h1-26H. The minimum absolute atomic E-state index is 0.462. The fourth-order valence-electron chi connectivity index (χ4n) is 6.12. The normalized spacial score (nSPS) is 11.1. The van der Waals surface area contributed by atoms with Crippen LogP contribution in [0, 0.1) is 11.3 Å². The van der Waals surface area contributed by atoms with Crippen LogP contribution in [0.4, 0.5) is 0 Å². The molecule has 8 aromatic rings. The number of aromatic nitrogens is 3. The predicted octanol–water partition coefficient (Wildman–Crippen LogP) is 10.1. The topological polar surface area (TPSA) is 54.5 Å². The van der Waals surface area contributed by atoms with Crippen LogP contribution in [0.25, 0.3) is 72.5 Å². The number of fused-ring (bicyclic) bond motifs is 3. The van der Waals surface area contributed by atoms with Crippen LogP contribution in [0.15, 0.2) is 158 Å². The maximum Gasteiger partial charge on any atom is 0.160 e. The molecule has 2 aromatic heterocycles. The third-order valence-corrected chi connectivity index (χ3v) is 8.30. The van der Waals surface area contributed by atoms with Crippen molar-refractivity contribution in [3.05, 3.63) is 163 Å². The molecule has 0 aliphatic carbocycles. The molecular formula is C41H26N4. The third-order valence-electron chi connectivity index (χ3n) is 8.30. The van der Waals surface area contributed by atoms with Gasteiger partial charge in [-0.3, -0.25) is 0 Å². The fourth-order valence-corrected chi connectivity index (χ4v) is 6.12. The molecule has 6 aromatic carbocycles. The first-order chi connectivity index (χ1) is 22.3. The number of hydrogen-bond donors (Lipinski definition) is 0. The summed E-state index contributed by atoms with van der Waals surface area (Å²) in [5.74, 6) is 0.591. The van der Waals surface area contributed by atoms with Crippen LogP contribution < -0.4 is 0 Å². The summed E-state index contributed by atoms with van der Waals surface area (Å²) >= 11 is 0. The molecule has 0 saturated heterocycles. The van der Waals surface area contributed by atoms with Crippen LogP contribution in [0.1, 0.15) is 5.56 Å². The second-order valence-corrected chi connectivity index (χ2v) is 11.0. The molecular weight excluding hydrogens is 548 g/mol. The maximum atomic E-state index is 10.3. The maximum absolute atomic E-state index is 10.3. The molecule has 0 radical (unpaired) electrons. The highest BCUT2D eigenvalue weighted by molar-refractivity contribution is 6.09. The van der Waals surface area contributed by atoms with Crippen LogP contribution in [-0.2, 0) is 0 Å². The molecule has 0 bridgehead atoms. The minimum Gasteiger partial charge on any atom is -0.309 e. The van der Waals surface area contributed by atoms with Crippen LogP contribution >= 0.6 is 0 Å². The smallest absolute Gasteiger partial charge is 0.160 e. The summed E-state index contributed by atoms with van der Waals surface area (Å²) in [5, 5.41) is 12.8. The summed E-state index contributed by atoms with van der Waals surface area (Å²) in [6.45, 7) is 0. The summed E-state index contributed by atoms with van der Waals surface area (Å²) in [4.78, 5) is 9.79. The number of nitriles is 1. The van der Waals surface area contributed by atoms with E-state index < -0.39 is 0 Å². The lowest BCUT2D eigenvalue weighted by Gasteiger charge is -2.13. The largest absolute Gasteiger partial charge is 0.309 e. The van der Waals surface area contributed by atoms with Gasteiger partial charge in [0.05, 0.1) is 22.4 Å². The molecule has 8 rings (SSSR count). The lowest BCUT2D eigenvalue weighted by atomic mass is 9.98. The molecule has 0 unspecified atom stereocenters. The van der Waals surface area contributed by atoms with Gasteiger partial charge in [-0.05, 0) is 35.4 Å². The Balaban J connectivity index is 1.18. The van der Waals surface area contributed by atoms with E-state index in [1.165, 1.54) is 21.8 Å². The lowest BCUT2D eigenvalue weighted by molar-refractivity contribution is 1.17. The zero-order valence-electron chi connectivity index (χ0n) is 24.3. The Morgan fingerprint density at radius 2 is 0.844 bits per heavy atom. The van der Waals surface area contributed by atoms with Crippen molar-refractivity contribution in [3.63, 3.8) is 0 Å². The molecule has 0 saturated carbocycles. The van der Waals surface area contributed by atoms with Gasteiger partial charge >= 0.3 is 0 Å². The van der Waals surface area contributed by atoms with Crippen LogP contribution in [0.5, 0.6) is 0 Å². The van der Waals surface area contributed by atoms with Crippen molar-refractivity contribution in [3.8, 4) is 56.8 Å². The van der Waals surface area contributed by atoms with Gasteiger partial charge in [-0.15, -0.1) is 0 Å². The molecule has 2 heterocycles. The number of nitrogens with zero attached hydrogens (tertiary/aromatic N) is 4. The highest BCUT2D eigenvalue weighted by Crippen LogP contribution is 2.35. The van der Waals surface area contributed by atoms with E-state index in [1.54, 1.807) is 0 Å². The molecule has 0 N–H and O–H groups in total. The van der Waals surface area contributed by atoms with Gasteiger partial charge in [-0.25, -0.2) is 9.97 Å². The zero-order valence-corrected chi connectivity index (χ0v) is 24.3. The van der Waals surface area contributed by atoms with Crippen LogP contribution in [-0.4, -0.2) is 14.5 Å². The quantitative estimate of drug-likeness (QED) is 0.205. The van der Waals surface area contributed by atoms with Gasteiger partial charge in [-0.2, -0.15) is 5.26 Å². The number of hydrogen-bond acceptors (Lipinski definition) is 3. The van der Waals surface area contributed by atoms with Gasteiger partial charge < -0.3 is 4.57 Å². The molecule has 0 spiro atoms. The SMILES string of the molecule is N#Cc1c(-c2ccccc2)nc(-c2ccccc2)nc1-c1ccc(-c2ccc(-n3c4ccccc4c4ccccc43)cc2)cc1. The summed E-state index contributed by atoms with van der Waals surface area (Å²) in [5.41, 5.74) is 10.1. The predicted molar refractivity (Wildman–Crippen MR) is 183 cm³/mol. The third kappa shape index (κ3) is 4.64. The Hall–Kier alpha value is -6.31. The zero-order chi connectivity index (χ0) is 30.2. The summed E-state index contributed by atoms with van der Waals surface area (Å²) in [6.07, 6.45) is 0. The van der Waals surface area contributed by atoms with E-state index in [0.29, 0.717) is 22.8 Å². The number of benzene rings is 6. The van der Waals surface area contributed by atoms with E-state index in [0.717, 1.165) is 33.5 Å². The summed E-state index contributed by atoms with van der Waals surface area (Å²) in [6, 6.07) is 56.2. The Labute approximate surface area is 261 Å². The first-order valence-electron chi connectivity index (χ1n) is 14.9. The molecule has 4 nitrogen and oxygen atoms in total. The van der Waals surface area contributed by atoms with Crippen molar-refractivity contribution >= 4 is 21.8 Å². The van der Waals surface area contributed by atoms with E-state index in [1.807, 2.05) is 72.8 Å². The van der Waals surface area contributed by atoms with Gasteiger partial charge in [0.15, 0.2) is 5.82 Å². The highest BCUT2D eigenvalue weighted by atomic mass is 15.0. The summed E-state index contributed by atoms with van der Waals surface area (Å²) < 4.78 is 2.32. The van der Waals surface area contributed by atoms with Crippen molar-refractivity contribution in [2.75, 3.05) is 0 Å². The van der Waals surface area contributed by atoms with E-state index >= 15 is 0 Å². The molecule has 0 atom stereocenters. The van der Waals surface area contributed by atoms with Crippen molar-refractivity contribution in [1.29, 1.82) is 5.26 Å². The van der Waals surface area contributed by atoms with E-state index in [9.17, 15) is 5.26 Å². The van der Waals surface area contributed by atoms with Crippen molar-refractivity contribution in [1.82, 2.24) is 14.5 Å². The Bertz CT molecular complexity index is 2290. The summed E-state index contributed by atoms with van der Waals surface area (Å²) in [7, 11) is 0. The Kier molecular flexibility index (Phi) is 6.48. The van der Waals surface area contributed by atoms with Crippen molar-refractivity contribution in [2.45, 2.75) is 0 Å². The van der Waals surface area contributed by atoms with Gasteiger partial charge in [0, 0.05) is 33.2 Å². The molecule has 45 heavy (non-hydrogen) atoms. The average Bonchev–Trinajstić information content (AvgIpc) is 3.46. The minimum atomic E-state index is 0.462. The van der Waals surface area contributed by atoms with Crippen molar-refractivity contribution < 1.29 is 0 Å². The fraction of sp³-hybridized carbons (Fsp3) is 0. The molecule has 4 heteroatoms. The molecule has 0 fully saturated rings. The Morgan fingerprint density at radius 3 is 1.38 bits per heavy atom. The van der Waals surface area contributed by atoms with E-state index in [4.69, 9.17) is 9.97 Å².